The lowest BCUT2D eigenvalue weighted by Gasteiger charge is -2.36. The molecule has 0 aliphatic heterocycles. The third kappa shape index (κ3) is 2.54. The summed E-state index contributed by atoms with van der Waals surface area (Å²) in [6.07, 6.45) is 1.78. The summed E-state index contributed by atoms with van der Waals surface area (Å²) in [5.74, 6) is 0. The molecule has 0 aromatic heterocycles. The maximum atomic E-state index is 10.9. The van der Waals surface area contributed by atoms with Crippen molar-refractivity contribution in [2.24, 2.45) is 0 Å². The minimum Gasteiger partial charge on any atom is -0.294 e. The van der Waals surface area contributed by atoms with Crippen molar-refractivity contribution in [3.8, 4) is 0 Å². The van der Waals surface area contributed by atoms with E-state index in [0.717, 1.165) is 12.8 Å². The minimum absolute atomic E-state index is 0.144. The van der Waals surface area contributed by atoms with Gasteiger partial charge in [-0.3, -0.25) is 4.55 Å². The van der Waals surface area contributed by atoms with Crippen LogP contribution in [0, 0.1) is 0 Å². The molecule has 0 aliphatic rings. The monoisotopic (exact) mass is 193 g/mol. The standard InChI is InChI=1S/C8H19NO2S/c1-5-8(4,6-2)9(7-3)12(10)11/h5-7H2,1-4H3,(H,10,11). The van der Waals surface area contributed by atoms with Gasteiger partial charge in [0.05, 0.1) is 0 Å². The summed E-state index contributed by atoms with van der Waals surface area (Å²) >= 11 is -1.84. The summed E-state index contributed by atoms with van der Waals surface area (Å²) < 4.78 is 21.6. The van der Waals surface area contributed by atoms with Gasteiger partial charge >= 0.3 is 0 Å². The van der Waals surface area contributed by atoms with E-state index in [0.29, 0.717) is 6.54 Å². The van der Waals surface area contributed by atoms with Crippen molar-refractivity contribution < 1.29 is 8.76 Å². The first kappa shape index (κ1) is 12.1. The first-order chi connectivity index (χ1) is 5.51. The van der Waals surface area contributed by atoms with Gasteiger partial charge in [0.2, 0.25) is 11.3 Å². The summed E-state index contributed by atoms with van der Waals surface area (Å²) in [5, 5.41) is 0. The van der Waals surface area contributed by atoms with E-state index in [1.54, 1.807) is 4.31 Å². The van der Waals surface area contributed by atoms with Crippen LogP contribution in [0.5, 0.6) is 0 Å². The van der Waals surface area contributed by atoms with Gasteiger partial charge in [0.25, 0.3) is 0 Å². The Morgan fingerprint density at radius 3 is 1.83 bits per heavy atom. The highest BCUT2D eigenvalue weighted by Crippen LogP contribution is 2.23. The first-order valence-electron chi connectivity index (χ1n) is 4.40. The molecule has 0 saturated heterocycles. The lowest BCUT2D eigenvalue weighted by atomic mass is 9.96. The van der Waals surface area contributed by atoms with Crippen molar-refractivity contribution in [3.05, 3.63) is 0 Å². The van der Waals surface area contributed by atoms with Crippen molar-refractivity contribution in [1.82, 2.24) is 4.31 Å². The Balaban J connectivity index is 4.54. The third-order valence-electron chi connectivity index (χ3n) is 2.60. The van der Waals surface area contributed by atoms with E-state index in [4.69, 9.17) is 4.55 Å². The molecule has 1 atom stereocenters. The zero-order chi connectivity index (χ0) is 9.78. The van der Waals surface area contributed by atoms with Crippen molar-refractivity contribution in [1.29, 1.82) is 0 Å². The van der Waals surface area contributed by atoms with Gasteiger partial charge in [0.1, 0.15) is 0 Å². The van der Waals surface area contributed by atoms with Crippen LogP contribution in [0.15, 0.2) is 0 Å². The third-order valence-corrected chi connectivity index (χ3v) is 3.68. The van der Waals surface area contributed by atoms with E-state index in [1.807, 2.05) is 27.7 Å². The number of hydrogen-bond acceptors (Lipinski definition) is 1. The van der Waals surface area contributed by atoms with Crippen LogP contribution >= 0.6 is 0 Å². The highest BCUT2D eigenvalue weighted by molar-refractivity contribution is 7.76. The van der Waals surface area contributed by atoms with Crippen LogP contribution in [-0.2, 0) is 11.3 Å². The van der Waals surface area contributed by atoms with E-state index in [9.17, 15) is 4.21 Å². The molecular formula is C8H19NO2S. The lowest BCUT2D eigenvalue weighted by Crippen LogP contribution is -2.46. The minimum atomic E-state index is -1.84. The molecule has 4 heteroatoms. The first-order valence-corrected chi connectivity index (χ1v) is 5.46. The highest BCUT2D eigenvalue weighted by Gasteiger charge is 2.30. The zero-order valence-corrected chi connectivity index (χ0v) is 9.15. The number of nitrogens with zero attached hydrogens (tertiary/aromatic N) is 1. The van der Waals surface area contributed by atoms with Gasteiger partial charge < -0.3 is 0 Å². The fraction of sp³-hybridized carbons (Fsp3) is 1.00. The summed E-state index contributed by atoms with van der Waals surface area (Å²) in [7, 11) is 0. The number of hydrogen-bond donors (Lipinski definition) is 1. The molecule has 0 rings (SSSR count). The second-order valence-corrected chi connectivity index (χ2v) is 4.03. The fourth-order valence-corrected chi connectivity index (χ4v) is 2.14. The molecule has 3 nitrogen and oxygen atoms in total. The van der Waals surface area contributed by atoms with Gasteiger partial charge in [-0.05, 0) is 19.8 Å². The van der Waals surface area contributed by atoms with Gasteiger partial charge in [-0.2, -0.15) is 4.31 Å². The Morgan fingerprint density at radius 1 is 1.33 bits per heavy atom. The predicted molar refractivity (Wildman–Crippen MR) is 52.1 cm³/mol. The normalized spacial score (nSPS) is 15.2. The van der Waals surface area contributed by atoms with Crippen LogP contribution in [0.25, 0.3) is 0 Å². The number of rotatable bonds is 5. The van der Waals surface area contributed by atoms with Gasteiger partial charge in [0, 0.05) is 12.1 Å². The van der Waals surface area contributed by atoms with Crippen LogP contribution in [0.1, 0.15) is 40.5 Å². The Hall–Kier alpha value is 0.0700. The Kier molecular flexibility index (Phi) is 4.97. The second-order valence-electron chi connectivity index (χ2n) is 3.13. The molecule has 0 amide bonds. The highest BCUT2D eigenvalue weighted by atomic mass is 32.2. The van der Waals surface area contributed by atoms with E-state index in [2.05, 4.69) is 0 Å². The molecule has 0 heterocycles. The molecule has 1 unspecified atom stereocenters. The Labute approximate surface area is 77.6 Å². The fourth-order valence-electron chi connectivity index (χ4n) is 1.28. The quantitative estimate of drug-likeness (QED) is 0.679. The van der Waals surface area contributed by atoms with Crippen LogP contribution in [-0.4, -0.2) is 25.2 Å². The maximum absolute atomic E-state index is 10.9. The van der Waals surface area contributed by atoms with Crippen molar-refractivity contribution in [2.75, 3.05) is 6.54 Å². The molecular weight excluding hydrogens is 174 g/mol. The average molecular weight is 193 g/mol. The Morgan fingerprint density at radius 2 is 1.75 bits per heavy atom. The summed E-state index contributed by atoms with van der Waals surface area (Å²) in [4.78, 5) is 0. The van der Waals surface area contributed by atoms with Crippen molar-refractivity contribution >= 4 is 11.3 Å². The predicted octanol–water partition coefficient (Wildman–Crippen LogP) is 2.02. The van der Waals surface area contributed by atoms with Gasteiger partial charge in [-0.1, -0.05) is 20.8 Å². The average Bonchev–Trinajstić information content (AvgIpc) is 2.04. The van der Waals surface area contributed by atoms with Crippen molar-refractivity contribution in [2.45, 2.75) is 46.1 Å². The van der Waals surface area contributed by atoms with Gasteiger partial charge in [0.15, 0.2) is 0 Å². The summed E-state index contributed by atoms with van der Waals surface area (Å²) in [6.45, 7) is 8.61. The van der Waals surface area contributed by atoms with Crippen LogP contribution in [0.2, 0.25) is 0 Å². The van der Waals surface area contributed by atoms with Crippen molar-refractivity contribution in [3.63, 3.8) is 0 Å². The van der Waals surface area contributed by atoms with E-state index >= 15 is 0 Å². The smallest absolute Gasteiger partial charge is 0.235 e. The zero-order valence-electron chi connectivity index (χ0n) is 8.33. The summed E-state index contributed by atoms with van der Waals surface area (Å²) in [6, 6.07) is 0. The van der Waals surface area contributed by atoms with Crippen LogP contribution in [0.4, 0.5) is 0 Å². The van der Waals surface area contributed by atoms with E-state index in [1.165, 1.54) is 0 Å². The molecule has 0 aliphatic carbocycles. The van der Waals surface area contributed by atoms with E-state index in [-0.39, 0.29) is 5.54 Å². The molecule has 0 saturated carbocycles. The lowest BCUT2D eigenvalue weighted by molar-refractivity contribution is 0.195. The molecule has 0 fully saturated rings. The largest absolute Gasteiger partial charge is 0.294 e. The molecule has 0 aromatic rings. The maximum Gasteiger partial charge on any atom is 0.235 e. The molecule has 0 aromatic carbocycles. The summed E-state index contributed by atoms with van der Waals surface area (Å²) in [5.41, 5.74) is -0.144. The molecule has 0 radical (unpaired) electrons. The van der Waals surface area contributed by atoms with Crippen LogP contribution < -0.4 is 0 Å². The SMILES string of the molecule is CCN(S(=O)O)C(C)(CC)CC. The second kappa shape index (κ2) is 4.94. The molecule has 0 bridgehead atoms. The van der Waals surface area contributed by atoms with Crippen LogP contribution in [0.3, 0.4) is 0 Å². The molecule has 0 spiro atoms. The molecule has 1 N–H and O–H groups in total. The molecule has 12 heavy (non-hydrogen) atoms. The van der Waals surface area contributed by atoms with Gasteiger partial charge in [-0.25, -0.2) is 4.21 Å². The van der Waals surface area contributed by atoms with E-state index < -0.39 is 11.3 Å². The Bertz CT molecular complexity index is 157. The van der Waals surface area contributed by atoms with Gasteiger partial charge in [-0.15, -0.1) is 0 Å². The molecule has 74 valence electrons. The topological polar surface area (TPSA) is 40.5 Å².